The van der Waals surface area contributed by atoms with Crippen molar-refractivity contribution in [1.29, 1.82) is 0 Å². The zero-order valence-corrected chi connectivity index (χ0v) is 26.4. The molecule has 0 radical (unpaired) electrons. The van der Waals surface area contributed by atoms with Gasteiger partial charge in [0.2, 0.25) is 0 Å². The number of hydrogen-bond donors (Lipinski definition) is 2. The Hall–Kier alpha value is -3.70. The van der Waals surface area contributed by atoms with Crippen LogP contribution in [0.3, 0.4) is 0 Å². The van der Waals surface area contributed by atoms with E-state index >= 15 is 0 Å². The third-order valence-electron chi connectivity index (χ3n) is 6.21. The number of nitrogens with one attached hydrogen (secondary N) is 2. The molecule has 0 aliphatic heterocycles. The zero-order valence-electron chi connectivity index (χ0n) is 24.1. The Labute approximate surface area is 269 Å². The van der Waals surface area contributed by atoms with Gasteiger partial charge in [-0.3, -0.25) is 14.4 Å². The van der Waals surface area contributed by atoms with Crippen LogP contribution in [0.2, 0.25) is 10.0 Å². The van der Waals surface area contributed by atoms with E-state index in [0.29, 0.717) is 35.6 Å². The summed E-state index contributed by atoms with van der Waals surface area (Å²) in [5, 5.41) is 8.64. The lowest BCUT2D eigenvalue weighted by atomic mass is 10.1. The van der Waals surface area contributed by atoms with E-state index in [4.69, 9.17) is 23.2 Å². The van der Waals surface area contributed by atoms with Crippen molar-refractivity contribution in [2.45, 2.75) is 45.0 Å². The van der Waals surface area contributed by atoms with Crippen LogP contribution in [0, 0.1) is 6.92 Å². The van der Waals surface area contributed by atoms with Crippen molar-refractivity contribution in [2.24, 2.45) is 4.36 Å². The molecule has 2 N–H and O–H groups in total. The van der Waals surface area contributed by atoms with Gasteiger partial charge in [0.25, 0.3) is 11.8 Å². The first-order valence-corrected chi connectivity index (χ1v) is 16.1. The molecular weight excluding hydrogens is 689 g/mol. The first kappa shape index (κ1) is 36.8. The van der Waals surface area contributed by atoms with Crippen molar-refractivity contribution in [3.05, 3.63) is 69.1 Å². The third-order valence-corrected chi connectivity index (χ3v) is 8.32. The predicted octanol–water partition coefficient (Wildman–Crippen LogP) is 6.63. The van der Waals surface area contributed by atoms with Gasteiger partial charge in [-0.25, -0.2) is 13.9 Å². The number of pyridine rings is 1. The number of aromatic nitrogens is 3. The Morgan fingerprint density at radius 2 is 1.67 bits per heavy atom. The highest BCUT2D eigenvalue weighted by Gasteiger charge is 2.39. The molecule has 0 aliphatic rings. The Kier molecular flexibility index (Phi) is 11.8. The van der Waals surface area contributed by atoms with Gasteiger partial charge in [0.15, 0.2) is 11.5 Å². The monoisotopic (exact) mass is 714 g/mol. The smallest absolute Gasteiger partial charge is 0.352 e. The number of amides is 3. The van der Waals surface area contributed by atoms with E-state index in [1.165, 1.54) is 37.4 Å². The molecule has 46 heavy (non-hydrogen) atoms. The van der Waals surface area contributed by atoms with Crippen molar-refractivity contribution in [3.8, 4) is 5.82 Å². The molecule has 2 heterocycles. The lowest BCUT2D eigenvalue weighted by Crippen LogP contribution is -2.27. The van der Waals surface area contributed by atoms with Crippen molar-refractivity contribution in [3.63, 3.8) is 0 Å². The number of unbranched alkanes of at least 4 members (excludes halogenated alkanes) is 3. The number of alkyl halides is 6. The Bertz CT molecular complexity index is 1750. The highest BCUT2D eigenvalue weighted by molar-refractivity contribution is 7.93. The predicted molar refractivity (Wildman–Crippen MR) is 159 cm³/mol. The fourth-order valence-electron chi connectivity index (χ4n) is 4.06. The highest BCUT2D eigenvalue weighted by Crippen LogP contribution is 2.32. The summed E-state index contributed by atoms with van der Waals surface area (Å²) in [6, 6.07) is 6.00. The Morgan fingerprint density at radius 3 is 2.30 bits per heavy atom. The van der Waals surface area contributed by atoms with E-state index in [-0.39, 0.29) is 45.8 Å². The standard InChI is InChI=1S/C27H26Cl2F6N6O4S/c1-15-12-16(28)13-17(23(42)37-9-5-3-4-6-11-46(2,45)40-25(44)27(33,34)35)21(15)38-24(43)19-14-20(26(30,31)32)39-41(19)22-18(29)8-7-10-36-22/h7-8,10,12-14H,3-6,9,11H2,1-2H3,(H,37,42)(H,38,43). The summed E-state index contributed by atoms with van der Waals surface area (Å²) < 4.78 is 93.2. The maximum absolute atomic E-state index is 13.5. The first-order valence-electron chi connectivity index (χ1n) is 13.3. The zero-order chi connectivity index (χ0) is 34.4. The number of carbonyl (C=O) groups excluding carboxylic acids is 3. The van der Waals surface area contributed by atoms with Gasteiger partial charge in [0.05, 0.1) is 26.0 Å². The van der Waals surface area contributed by atoms with Gasteiger partial charge in [0, 0.05) is 35.8 Å². The SMILES string of the molecule is Cc1cc(Cl)cc(C(=O)NCCCCCCS(C)(=O)=NC(=O)C(F)(F)F)c1NC(=O)c1cc(C(F)(F)F)nn1-c1ncccc1Cl. The molecular formula is C27H26Cl2F6N6O4S. The number of anilines is 1. The van der Waals surface area contributed by atoms with Crippen LogP contribution >= 0.6 is 23.2 Å². The molecule has 0 spiro atoms. The largest absolute Gasteiger partial charge is 0.474 e. The Balaban J connectivity index is 1.70. The molecule has 250 valence electrons. The topological polar surface area (TPSA) is 135 Å². The summed E-state index contributed by atoms with van der Waals surface area (Å²) in [6.45, 7) is 1.64. The summed E-state index contributed by atoms with van der Waals surface area (Å²) in [6.07, 6.45) is -6.36. The normalized spacial score (nSPS) is 13.2. The number of benzene rings is 1. The summed E-state index contributed by atoms with van der Waals surface area (Å²) in [5.74, 6) is -4.58. The molecule has 0 bridgehead atoms. The van der Waals surface area contributed by atoms with Gasteiger partial charge in [-0.1, -0.05) is 36.0 Å². The minimum atomic E-state index is -5.20. The van der Waals surface area contributed by atoms with E-state index in [1.807, 2.05) is 0 Å². The van der Waals surface area contributed by atoms with Crippen LogP contribution < -0.4 is 10.6 Å². The highest BCUT2D eigenvalue weighted by atomic mass is 35.5. The number of hydrogen-bond acceptors (Lipinski definition) is 6. The fourth-order valence-corrected chi connectivity index (χ4v) is 5.82. The first-order chi connectivity index (χ1) is 21.3. The lowest BCUT2D eigenvalue weighted by Gasteiger charge is -2.15. The van der Waals surface area contributed by atoms with E-state index in [0.717, 1.165) is 6.26 Å². The molecule has 1 atom stereocenters. The number of carbonyl (C=O) groups is 3. The van der Waals surface area contributed by atoms with Crippen molar-refractivity contribution >= 4 is 56.3 Å². The molecule has 0 aliphatic carbocycles. The maximum atomic E-state index is 13.5. The van der Waals surface area contributed by atoms with Gasteiger partial charge >= 0.3 is 18.3 Å². The van der Waals surface area contributed by atoms with Crippen LogP contribution in [-0.4, -0.2) is 61.4 Å². The second-order valence-electron chi connectivity index (χ2n) is 9.96. The number of nitrogens with zero attached hydrogens (tertiary/aromatic N) is 4. The van der Waals surface area contributed by atoms with Gasteiger partial charge in [-0.05, 0) is 49.6 Å². The van der Waals surface area contributed by atoms with Crippen LogP contribution in [-0.2, 0) is 20.7 Å². The molecule has 0 fully saturated rings. The molecule has 0 saturated carbocycles. The fraction of sp³-hybridized carbons (Fsp3) is 0.370. The summed E-state index contributed by atoms with van der Waals surface area (Å²) in [7, 11) is -3.36. The average Bonchev–Trinajstić information content (AvgIpc) is 3.39. The average molecular weight is 716 g/mol. The van der Waals surface area contributed by atoms with E-state index < -0.39 is 51.2 Å². The molecule has 0 saturated heterocycles. The summed E-state index contributed by atoms with van der Waals surface area (Å²) >= 11 is 12.2. The molecule has 19 heteroatoms. The van der Waals surface area contributed by atoms with Gasteiger partial charge in [-0.2, -0.15) is 35.8 Å². The summed E-state index contributed by atoms with van der Waals surface area (Å²) in [5.41, 5.74) is -1.74. The molecule has 10 nitrogen and oxygen atoms in total. The van der Waals surface area contributed by atoms with Crippen LogP contribution in [0.4, 0.5) is 32.0 Å². The van der Waals surface area contributed by atoms with Crippen molar-refractivity contribution in [2.75, 3.05) is 23.9 Å². The molecule has 2 aromatic heterocycles. The van der Waals surface area contributed by atoms with Crippen LogP contribution in [0.1, 0.15) is 57.8 Å². The molecule has 3 rings (SSSR count). The third kappa shape index (κ3) is 9.90. The van der Waals surface area contributed by atoms with Gasteiger partial charge in [-0.15, -0.1) is 0 Å². The molecule has 1 unspecified atom stereocenters. The second-order valence-corrected chi connectivity index (χ2v) is 13.3. The second kappa shape index (κ2) is 14.8. The Morgan fingerprint density at radius 1 is 1.00 bits per heavy atom. The number of rotatable bonds is 11. The quantitative estimate of drug-likeness (QED) is 0.169. The molecule has 3 amide bonds. The van der Waals surface area contributed by atoms with Crippen LogP contribution in [0.25, 0.3) is 5.82 Å². The van der Waals surface area contributed by atoms with E-state index in [2.05, 4.69) is 25.1 Å². The van der Waals surface area contributed by atoms with Crippen molar-refractivity contribution < 1.29 is 44.9 Å². The number of aryl methyl sites for hydroxylation is 1. The van der Waals surface area contributed by atoms with Crippen LogP contribution in [0.5, 0.6) is 0 Å². The van der Waals surface area contributed by atoms with Gasteiger partial charge in [0.1, 0.15) is 5.69 Å². The minimum Gasteiger partial charge on any atom is -0.352 e. The van der Waals surface area contributed by atoms with Gasteiger partial charge < -0.3 is 10.6 Å². The van der Waals surface area contributed by atoms with Crippen LogP contribution in [0.15, 0.2) is 40.9 Å². The summed E-state index contributed by atoms with van der Waals surface area (Å²) in [4.78, 5) is 41.3. The van der Waals surface area contributed by atoms with E-state index in [9.17, 15) is 44.9 Å². The van der Waals surface area contributed by atoms with Crippen molar-refractivity contribution in [1.82, 2.24) is 20.1 Å². The minimum absolute atomic E-state index is 0.0322. The number of halogens is 8. The molecule has 1 aromatic carbocycles. The maximum Gasteiger partial charge on any atom is 0.474 e. The molecule has 3 aromatic rings. The van der Waals surface area contributed by atoms with E-state index in [1.54, 1.807) is 0 Å². The lowest BCUT2D eigenvalue weighted by molar-refractivity contribution is -0.169.